The third kappa shape index (κ3) is 11.6. The standard InChI is InChI=1S/C7H12F4O2/c1-6(8,9)3-12-5-13-4-7(2,10)11/h3-5H2,1-2H3. The van der Waals surface area contributed by atoms with Crippen LogP contribution in [0.5, 0.6) is 0 Å². The average molecular weight is 204 g/mol. The minimum Gasteiger partial charge on any atom is -0.349 e. The van der Waals surface area contributed by atoms with Crippen molar-refractivity contribution in [1.29, 1.82) is 0 Å². The Kier molecular flexibility index (Phi) is 4.63. The van der Waals surface area contributed by atoms with Crippen LogP contribution in [0.3, 0.4) is 0 Å². The summed E-state index contributed by atoms with van der Waals surface area (Å²) in [5, 5.41) is 0. The molecule has 0 fully saturated rings. The first-order chi connectivity index (χ1) is 5.71. The van der Waals surface area contributed by atoms with Gasteiger partial charge in [-0.1, -0.05) is 0 Å². The molecule has 80 valence electrons. The molecule has 2 nitrogen and oxygen atoms in total. The third-order valence-electron chi connectivity index (χ3n) is 0.878. The van der Waals surface area contributed by atoms with E-state index in [1.165, 1.54) is 0 Å². The number of hydrogen-bond acceptors (Lipinski definition) is 2. The Morgan fingerprint density at radius 1 is 0.846 bits per heavy atom. The van der Waals surface area contributed by atoms with E-state index in [9.17, 15) is 17.6 Å². The van der Waals surface area contributed by atoms with Gasteiger partial charge in [0.15, 0.2) is 0 Å². The maximum absolute atomic E-state index is 12.1. The molecule has 0 aromatic carbocycles. The maximum atomic E-state index is 12.1. The van der Waals surface area contributed by atoms with E-state index in [0.717, 1.165) is 0 Å². The van der Waals surface area contributed by atoms with Crippen LogP contribution in [-0.2, 0) is 9.47 Å². The molecule has 0 unspecified atom stereocenters. The van der Waals surface area contributed by atoms with Crippen LogP contribution >= 0.6 is 0 Å². The summed E-state index contributed by atoms with van der Waals surface area (Å²) in [6.45, 7) is -0.875. The summed E-state index contributed by atoms with van der Waals surface area (Å²) < 4.78 is 56.8. The van der Waals surface area contributed by atoms with Crippen molar-refractivity contribution < 1.29 is 27.0 Å². The Hall–Kier alpha value is -0.360. The fourth-order valence-electron chi connectivity index (χ4n) is 0.501. The molecule has 0 heterocycles. The van der Waals surface area contributed by atoms with E-state index < -0.39 is 31.9 Å². The lowest BCUT2D eigenvalue weighted by Gasteiger charge is -2.13. The quantitative estimate of drug-likeness (QED) is 0.375. The molecule has 0 spiro atoms. The first-order valence-corrected chi connectivity index (χ1v) is 3.62. The predicted molar refractivity (Wildman–Crippen MR) is 38.0 cm³/mol. The SMILES string of the molecule is CC(F)(F)COCOCC(C)(F)F. The number of hydrogen-bond donors (Lipinski definition) is 0. The zero-order valence-corrected chi connectivity index (χ0v) is 7.45. The molecule has 0 aliphatic heterocycles. The van der Waals surface area contributed by atoms with Gasteiger partial charge in [-0.3, -0.25) is 0 Å². The van der Waals surface area contributed by atoms with Crippen molar-refractivity contribution >= 4 is 0 Å². The molecule has 0 rings (SSSR count). The topological polar surface area (TPSA) is 18.5 Å². The van der Waals surface area contributed by atoms with Crippen molar-refractivity contribution in [2.75, 3.05) is 20.0 Å². The Balaban J connectivity index is 3.28. The Labute approximate surface area is 73.8 Å². The fourth-order valence-corrected chi connectivity index (χ4v) is 0.501. The van der Waals surface area contributed by atoms with Crippen molar-refractivity contribution in [3.05, 3.63) is 0 Å². The van der Waals surface area contributed by atoms with Crippen LogP contribution in [0.4, 0.5) is 17.6 Å². The lowest BCUT2D eigenvalue weighted by molar-refractivity contribution is -0.152. The van der Waals surface area contributed by atoms with Crippen molar-refractivity contribution in [3.63, 3.8) is 0 Å². The van der Waals surface area contributed by atoms with Gasteiger partial charge in [0.2, 0.25) is 0 Å². The summed E-state index contributed by atoms with van der Waals surface area (Å²) >= 11 is 0. The van der Waals surface area contributed by atoms with E-state index in [2.05, 4.69) is 9.47 Å². The van der Waals surface area contributed by atoms with E-state index in [1.54, 1.807) is 0 Å². The highest BCUT2D eigenvalue weighted by molar-refractivity contribution is 4.55. The van der Waals surface area contributed by atoms with Gasteiger partial charge < -0.3 is 9.47 Å². The van der Waals surface area contributed by atoms with Crippen LogP contribution in [0.2, 0.25) is 0 Å². The van der Waals surface area contributed by atoms with Crippen molar-refractivity contribution in [3.8, 4) is 0 Å². The lowest BCUT2D eigenvalue weighted by atomic mass is 10.4. The fraction of sp³-hybridized carbons (Fsp3) is 1.00. The van der Waals surface area contributed by atoms with Gasteiger partial charge in [-0.2, -0.15) is 0 Å². The second-order valence-corrected chi connectivity index (χ2v) is 2.96. The third-order valence-corrected chi connectivity index (χ3v) is 0.878. The molecule has 0 bridgehead atoms. The number of halogens is 4. The van der Waals surface area contributed by atoms with Gasteiger partial charge in [0.05, 0.1) is 0 Å². The van der Waals surface area contributed by atoms with Crippen LogP contribution in [0.25, 0.3) is 0 Å². The molecule has 0 amide bonds. The molecule has 0 N–H and O–H groups in total. The zero-order valence-electron chi connectivity index (χ0n) is 7.45. The van der Waals surface area contributed by atoms with Gasteiger partial charge in [0.25, 0.3) is 11.8 Å². The molecule has 0 atom stereocenters. The molecule has 0 radical (unpaired) electrons. The van der Waals surface area contributed by atoms with Crippen LogP contribution in [-0.4, -0.2) is 31.9 Å². The summed E-state index contributed by atoms with van der Waals surface area (Å²) in [6, 6.07) is 0. The molecule has 6 heteroatoms. The summed E-state index contributed by atoms with van der Waals surface area (Å²) in [5.41, 5.74) is 0. The molecule has 0 aliphatic rings. The lowest BCUT2D eigenvalue weighted by Crippen LogP contribution is -2.23. The normalized spacial score (nSPS) is 13.4. The second kappa shape index (κ2) is 4.76. The Morgan fingerprint density at radius 2 is 1.15 bits per heavy atom. The smallest absolute Gasteiger partial charge is 0.268 e. The summed E-state index contributed by atoms with van der Waals surface area (Å²) in [5.74, 6) is -5.92. The molecular formula is C7H12F4O2. The van der Waals surface area contributed by atoms with Gasteiger partial charge in [-0.05, 0) is 0 Å². The van der Waals surface area contributed by atoms with Gasteiger partial charge in [0.1, 0.15) is 20.0 Å². The van der Waals surface area contributed by atoms with Crippen molar-refractivity contribution in [2.45, 2.75) is 25.7 Å². The molecule has 0 saturated carbocycles. The van der Waals surface area contributed by atoms with Gasteiger partial charge in [-0.25, -0.2) is 17.6 Å². The molecule has 13 heavy (non-hydrogen) atoms. The largest absolute Gasteiger partial charge is 0.349 e. The first kappa shape index (κ1) is 12.6. The van der Waals surface area contributed by atoms with E-state index in [0.29, 0.717) is 13.8 Å². The molecule has 0 saturated heterocycles. The van der Waals surface area contributed by atoms with Crippen LogP contribution in [0.15, 0.2) is 0 Å². The number of alkyl halides is 4. The average Bonchev–Trinajstić information content (AvgIpc) is 1.81. The van der Waals surface area contributed by atoms with Crippen molar-refractivity contribution in [1.82, 2.24) is 0 Å². The van der Waals surface area contributed by atoms with Gasteiger partial charge in [-0.15, -0.1) is 0 Å². The van der Waals surface area contributed by atoms with Gasteiger partial charge in [0, 0.05) is 13.8 Å². The highest BCUT2D eigenvalue weighted by atomic mass is 19.3. The number of ether oxygens (including phenoxy) is 2. The molecule has 0 aromatic heterocycles. The Morgan fingerprint density at radius 3 is 1.38 bits per heavy atom. The summed E-state index contributed by atoms with van der Waals surface area (Å²) in [6.07, 6.45) is 0. The Bertz CT molecular complexity index is 122. The second-order valence-electron chi connectivity index (χ2n) is 2.96. The van der Waals surface area contributed by atoms with Crippen LogP contribution < -0.4 is 0 Å². The van der Waals surface area contributed by atoms with Crippen molar-refractivity contribution in [2.24, 2.45) is 0 Å². The zero-order chi connectivity index (χ0) is 10.5. The molecular weight excluding hydrogens is 192 g/mol. The van der Waals surface area contributed by atoms with Crippen LogP contribution in [0, 0.1) is 0 Å². The first-order valence-electron chi connectivity index (χ1n) is 3.62. The van der Waals surface area contributed by atoms with E-state index >= 15 is 0 Å². The minimum atomic E-state index is -2.96. The highest BCUT2D eigenvalue weighted by Crippen LogP contribution is 2.13. The maximum Gasteiger partial charge on any atom is 0.268 e. The van der Waals surface area contributed by atoms with E-state index in [-0.39, 0.29) is 0 Å². The summed E-state index contributed by atoms with van der Waals surface area (Å²) in [4.78, 5) is 0. The van der Waals surface area contributed by atoms with E-state index in [1.807, 2.05) is 0 Å². The van der Waals surface area contributed by atoms with E-state index in [4.69, 9.17) is 0 Å². The number of rotatable bonds is 6. The predicted octanol–water partition coefficient (Wildman–Crippen LogP) is 2.29. The summed E-state index contributed by atoms with van der Waals surface area (Å²) in [7, 11) is 0. The van der Waals surface area contributed by atoms with Crippen LogP contribution in [0.1, 0.15) is 13.8 Å². The monoisotopic (exact) mass is 204 g/mol. The highest BCUT2D eigenvalue weighted by Gasteiger charge is 2.23. The molecule has 0 aromatic rings. The minimum absolute atomic E-state index is 0.549. The molecule has 0 aliphatic carbocycles. The van der Waals surface area contributed by atoms with Gasteiger partial charge >= 0.3 is 0 Å².